The van der Waals surface area contributed by atoms with Crippen LogP contribution in [0.15, 0.2) is 52.7 Å². The van der Waals surface area contributed by atoms with Gasteiger partial charge in [0.25, 0.3) is 0 Å². The molecule has 0 aliphatic rings. The van der Waals surface area contributed by atoms with Crippen LogP contribution in [0.5, 0.6) is 5.75 Å². The number of rotatable bonds is 6. The molecule has 2 rings (SSSR count). The third-order valence-electron chi connectivity index (χ3n) is 3.31. The molecule has 0 atom stereocenters. The molecule has 0 unspecified atom stereocenters. The number of nitrogens with one attached hydrogen (secondary N) is 1. The number of benzene rings is 2. The minimum Gasteiger partial charge on any atom is -0.497 e. The third kappa shape index (κ3) is 4.42. The van der Waals surface area contributed by atoms with Gasteiger partial charge in [-0.2, -0.15) is 10.2 Å². The Morgan fingerprint density at radius 3 is 2.29 bits per heavy atom. The Morgan fingerprint density at radius 1 is 1.12 bits per heavy atom. The Bertz CT molecular complexity index is 760. The van der Waals surface area contributed by atoms with Crippen LogP contribution in [0.4, 0.5) is 5.69 Å². The summed E-state index contributed by atoms with van der Waals surface area (Å²) in [7, 11) is 1.57. The highest BCUT2D eigenvalue weighted by Crippen LogP contribution is 2.15. The summed E-state index contributed by atoms with van der Waals surface area (Å²) in [5.41, 5.74) is 6.45. The molecule has 24 heavy (non-hydrogen) atoms. The highest BCUT2D eigenvalue weighted by Gasteiger charge is 2.13. The lowest BCUT2D eigenvalue weighted by molar-refractivity contribution is 0.106. The van der Waals surface area contributed by atoms with E-state index in [2.05, 4.69) is 21.7 Å². The predicted octanol–water partition coefficient (Wildman–Crippen LogP) is 2.91. The molecule has 0 aromatic heterocycles. The Morgan fingerprint density at radius 2 is 1.75 bits per heavy atom. The van der Waals surface area contributed by atoms with Gasteiger partial charge in [-0.05, 0) is 61.4 Å². The topological polar surface area (TPSA) is 89.1 Å². The first-order valence-corrected chi connectivity index (χ1v) is 7.37. The van der Waals surface area contributed by atoms with Crippen LogP contribution in [-0.4, -0.2) is 24.8 Å². The molecule has 3 N–H and O–H groups in total. The molecule has 0 aliphatic carbocycles. The van der Waals surface area contributed by atoms with E-state index in [0.29, 0.717) is 11.3 Å². The van der Waals surface area contributed by atoms with Gasteiger partial charge < -0.3 is 10.6 Å². The normalized spacial score (nSPS) is 11.5. The Balaban J connectivity index is 2.25. The second-order valence-corrected chi connectivity index (χ2v) is 5.32. The van der Waals surface area contributed by atoms with Gasteiger partial charge in [-0.1, -0.05) is 6.07 Å². The van der Waals surface area contributed by atoms with E-state index in [1.165, 1.54) is 6.21 Å². The van der Waals surface area contributed by atoms with Gasteiger partial charge in [0.2, 0.25) is 5.78 Å². The fourth-order valence-electron chi connectivity index (χ4n) is 2.26. The second kappa shape index (κ2) is 7.92. The number of methoxy groups -OCH3 is 1. The zero-order valence-corrected chi connectivity index (χ0v) is 13.9. The molecule has 0 radical (unpaired) electrons. The molecule has 0 amide bonds. The van der Waals surface area contributed by atoms with Crippen molar-refractivity contribution in [1.82, 2.24) is 0 Å². The smallest absolute Gasteiger partial charge is 0.214 e. The summed E-state index contributed by atoms with van der Waals surface area (Å²) in [6.07, 6.45) is 1.22. The number of carbonyl (C=O) groups excluding carboxylic acids is 1. The standard InChI is InChI=1S/C18H20N4O2/c1-12-8-13(2)10-15(9-12)21-22-17(11-20-19)18(23)14-4-6-16(24-3)7-5-14/h4-11,21H,19H2,1-3H3. The number of Topliss-reactive ketones (excluding diaryl/α,β-unsaturated/α-hetero) is 1. The largest absolute Gasteiger partial charge is 0.497 e. The van der Waals surface area contributed by atoms with Gasteiger partial charge in [0.15, 0.2) is 5.71 Å². The highest BCUT2D eigenvalue weighted by atomic mass is 16.5. The third-order valence-corrected chi connectivity index (χ3v) is 3.31. The summed E-state index contributed by atoms with van der Waals surface area (Å²) in [6.45, 7) is 3.99. The number of nitrogens with two attached hydrogens (primary N) is 1. The molecule has 0 saturated carbocycles. The quantitative estimate of drug-likeness (QED) is 0.370. The van der Waals surface area contributed by atoms with Crippen molar-refractivity contribution < 1.29 is 9.53 Å². The van der Waals surface area contributed by atoms with Crippen molar-refractivity contribution >= 4 is 23.4 Å². The molecule has 0 aliphatic heterocycles. The van der Waals surface area contributed by atoms with E-state index >= 15 is 0 Å². The maximum absolute atomic E-state index is 12.5. The molecule has 0 spiro atoms. The number of ketones is 1. The maximum atomic E-state index is 12.5. The number of anilines is 1. The van der Waals surface area contributed by atoms with Crippen molar-refractivity contribution in [3.8, 4) is 5.75 Å². The average Bonchev–Trinajstić information content (AvgIpc) is 2.57. The average molecular weight is 324 g/mol. The van der Waals surface area contributed by atoms with E-state index in [1.54, 1.807) is 31.4 Å². The van der Waals surface area contributed by atoms with Crippen LogP contribution in [0.2, 0.25) is 0 Å². The fraction of sp³-hybridized carbons (Fsp3) is 0.167. The first kappa shape index (κ1) is 17.2. The van der Waals surface area contributed by atoms with Gasteiger partial charge in [0, 0.05) is 5.56 Å². The Hall–Kier alpha value is -3.15. The van der Waals surface area contributed by atoms with E-state index in [-0.39, 0.29) is 11.5 Å². The van der Waals surface area contributed by atoms with Crippen LogP contribution in [0.1, 0.15) is 21.5 Å². The molecule has 6 nitrogen and oxygen atoms in total. The Labute approximate surface area is 141 Å². The van der Waals surface area contributed by atoms with Crippen molar-refractivity contribution in [2.75, 3.05) is 12.5 Å². The van der Waals surface area contributed by atoms with Crippen LogP contribution in [0, 0.1) is 13.8 Å². The van der Waals surface area contributed by atoms with Crippen molar-refractivity contribution in [2.45, 2.75) is 13.8 Å². The first-order chi connectivity index (χ1) is 11.5. The molecule has 6 heteroatoms. The van der Waals surface area contributed by atoms with E-state index in [1.807, 2.05) is 26.0 Å². The second-order valence-electron chi connectivity index (χ2n) is 5.32. The summed E-state index contributed by atoms with van der Waals surface area (Å²) >= 11 is 0. The lowest BCUT2D eigenvalue weighted by Gasteiger charge is -2.06. The van der Waals surface area contributed by atoms with E-state index < -0.39 is 0 Å². The van der Waals surface area contributed by atoms with Crippen LogP contribution in [-0.2, 0) is 0 Å². The number of hydrazone groups is 2. The van der Waals surface area contributed by atoms with Crippen molar-refractivity contribution in [3.63, 3.8) is 0 Å². The maximum Gasteiger partial charge on any atom is 0.214 e. The lowest BCUT2D eigenvalue weighted by Crippen LogP contribution is -2.18. The van der Waals surface area contributed by atoms with E-state index in [0.717, 1.165) is 16.8 Å². The van der Waals surface area contributed by atoms with E-state index in [9.17, 15) is 4.79 Å². The van der Waals surface area contributed by atoms with Crippen LogP contribution in [0.3, 0.4) is 0 Å². The summed E-state index contributed by atoms with van der Waals surface area (Å²) < 4.78 is 5.08. The van der Waals surface area contributed by atoms with Crippen molar-refractivity contribution in [2.24, 2.45) is 16.0 Å². The first-order valence-electron chi connectivity index (χ1n) is 7.37. The molecular weight excluding hydrogens is 304 g/mol. The minimum absolute atomic E-state index is 0.113. The zero-order chi connectivity index (χ0) is 17.5. The van der Waals surface area contributed by atoms with Gasteiger partial charge in [0.1, 0.15) is 5.75 Å². The van der Waals surface area contributed by atoms with Gasteiger partial charge in [-0.25, -0.2) is 0 Å². The summed E-state index contributed by atoms with van der Waals surface area (Å²) in [5, 5.41) is 7.56. The number of ether oxygens (including phenoxy) is 1. The molecule has 2 aromatic carbocycles. The lowest BCUT2D eigenvalue weighted by atomic mass is 10.1. The van der Waals surface area contributed by atoms with Gasteiger partial charge in [0.05, 0.1) is 19.0 Å². The van der Waals surface area contributed by atoms with E-state index in [4.69, 9.17) is 10.6 Å². The summed E-state index contributed by atoms with van der Waals surface area (Å²) in [4.78, 5) is 12.5. The number of carbonyl (C=O) groups is 1. The van der Waals surface area contributed by atoms with Gasteiger partial charge in [-0.15, -0.1) is 0 Å². The monoisotopic (exact) mass is 324 g/mol. The van der Waals surface area contributed by atoms with Gasteiger partial charge >= 0.3 is 0 Å². The number of hydrogen-bond acceptors (Lipinski definition) is 6. The molecule has 2 aromatic rings. The minimum atomic E-state index is -0.288. The molecular formula is C18H20N4O2. The van der Waals surface area contributed by atoms with Gasteiger partial charge in [-0.3, -0.25) is 10.2 Å². The summed E-state index contributed by atoms with van der Waals surface area (Å²) in [6, 6.07) is 12.7. The Kier molecular flexibility index (Phi) is 5.68. The van der Waals surface area contributed by atoms with Crippen LogP contribution < -0.4 is 16.0 Å². The SMILES string of the molecule is COc1ccc(C(=O)C(C=NN)=NNc2cc(C)cc(C)c2)cc1. The number of aryl methyl sites for hydroxylation is 2. The van der Waals surface area contributed by atoms with Crippen molar-refractivity contribution in [3.05, 3.63) is 59.2 Å². The fourth-order valence-corrected chi connectivity index (χ4v) is 2.26. The summed E-state index contributed by atoms with van der Waals surface area (Å²) in [5.74, 6) is 5.58. The number of nitrogens with zero attached hydrogens (tertiary/aromatic N) is 2. The predicted molar refractivity (Wildman–Crippen MR) is 97.0 cm³/mol. The highest BCUT2D eigenvalue weighted by molar-refractivity contribution is 6.64. The molecule has 0 bridgehead atoms. The molecule has 0 fully saturated rings. The molecule has 0 saturated heterocycles. The molecule has 0 heterocycles. The van der Waals surface area contributed by atoms with Crippen LogP contribution in [0.25, 0.3) is 0 Å². The van der Waals surface area contributed by atoms with Crippen LogP contribution >= 0.6 is 0 Å². The number of hydrogen-bond donors (Lipinski definition) is 2. The zero-order valence-electron chi connectivity index (χ0n) is 13.9. The van der Waals surface area contributed by atoms with Crippen molar-refractivity contribution in [1.29, 1.82) is 0 Å². The molecule has 124 valence electrons.